The van der Waals surface area contributed by atoms with Crippen LogP contribution in [-0.2, 0) is 6.54 Å². The van der Waals surface area contributed by atoms with Crippen molar-refractivity contribution in [3.05, 3.63) is 71.7 Å². The predicted molar refractivity (Wildman–Crippen MR) is 84.6 cm³/mol. The van der Waals surface area contributed by atoms with Crippen LogP contribution < -0.4 is 5.32 Å². The van der Waals surface area contributed by atoms with Gasteiger partial charge in [-0.05, 0) is 43.2 Å². The fraction of sp³-hybridized carbons (Fsp3) is 0.176. The molecule has 0 radical (unpaired) electrons. The van der Waals surface area contributed by atoms with Gasteiger partial charge in [-0.15, -0.1) is 0 Å². The summed E-state index contributed by atoms with van der Waals surface area (Å²) in [6.45, 7) is 5.06. The van der Waals surface area contributed by atoms with Crippen LogP contribution in [0.3, 0.4) is 0 Å². The van der Waals surface area contributed by atoms with Crippen LogP contribution in [0.2, 0.25) is 0 Å². The van der Waals surface area contributed by atoms with Crippen molar-refractivity contribution in [2.24, 2.45) is 0 Å². The van der Waals surface area contributed by atoms with E-state index in [1.54, 1.807) is 10.9 Å². The zero-order chi connectivity index (χ0) is 14.7. The fourth-order valence-corrected chi connectivity index (χ4v) is 2.27. The molecular formula is C17H18N4. The Bertz CT molecular complexity index is 715. The Hall–Kier alpha value is -2.62. The number of aromatic nitrogens is 3. The lowest BCUT2D eigenvalue weighted by Crippen LogP contribution is -2.03. The van der Waals surface area contributed by atoms with Gasteiger partial charge in [-0.25, -0.2) is 9.67 Å². The number of hydrogen-bond donors (Lipinski definition) is 1. The van der Waals surface area contributed by atoms with Crippen molar-refractivity contribution in [1.82, 2.24) is 14.8 Å². The lowest BCUT2D eigenvalue weighted by atomic mass is 10.1. The molecule has 1 aromatic carbocycles. The minimum Gasteiger partial charge on any atom is -0.380 e. The van der Waals surface area contributed by atoms with E-state index in [4.69, 9.17) is 0 Å². The number of nitrogens with zero attached hydrogens (tertiary/aromatic N) is 3. The Morgan fingerprint density at radius 1 is 1.14 bits per heavy atom. The van der Waals surface area contributed by atoms with Crippen LogP contribution in [0.5, 0.6) is 0 Å². The van der Waals surface area contributed by atoms with Gasteiger partial charge >= 0.3 is 0 Å². The molecule has 21 heavy (non-hydrogen) atoms. The molecule has 0 saturated carbocycles. The first-order valence-corrected chi connectivity index (χ1v) is 6.98. The van der Waals surface area contributed by atoms with E-state index < -0.39 is 0 Å². The van der Waals surface area contributed by atoms with Crippen LogP contribution >= 0.6 is 0 Å². The molecule has 3 aromatic rings. The summed E-state index contributed by atoms with van der Waals surface area (Å²) in [7, 11) is 0. The van der Waals surface area contributed by atoms with Crippen molar-refractivity contribution in [2.75, 3.05) is 5.32 Å². The molecule has 1 N–H and O–H groups in total. The highest BCUT2D eigenvalue weighted by Crippen LogP contribution is 2.14. The molecule has 0 atom stereocenters. The molecule has 2 aromatic heterocycles. The van der Waals surface area contributed by atoms with Crippen LogP contribution in [0, 0.1) is 13.8 Å². The number of pyridine rings is 1. The minimum atomic E-state index is 0.801. The van der Waals surface area contributed by atoms with E-state index in [1.807, 2.05) is 30.6 Å². The third-order valence-electron chi connectivity index (χ3n) is 3.47. The van der Waals surface area contributed by atoms with E-state index in [0.717, 1.165) is 18.1 Å². The van der Waals surface area contributed by atoms with Gasteiger partial charge in [0.15, 0.2) is 5.82 Å². The second-order valence-electron chi connectivity index (χ2n) is 5.14. The second kappa shape index (κ2) is 5.79. The largest absolute Gasteiger partial charge is 0.380 e. The van der Waals surface area contributed by atoms with Crippen molar-refractivity contribution in [3.8, 4) is 5.82 Å². The molecule has 4 heteroatoms. The third kappa shape index (κ3) is 3.11. The molecule has 0 unspecified atom stereocenters. The van der Waals surface area contributed by atoms with Crippen molar-refractivity contribution in [3.63, 3.8) is 0 Å². The molecule has 0 amide bonds. The monoisotopic (exact) mass is 278 g/mol. The molecule has 0 fully saturated rings. The summed E-state index contributed by atoms with van der Waals surface area (Å²) < 4.78 is 1.74. The number of aryl methyl sites for hydroxylation is 2. The summed E-state index contributed by atoms with van der Waals surface area (Å²) in [4.78, 5) is 4.41. The van der Waals surface area contributed by atoms with Crippen LogP contribution in [-0.4, -0.2) is 14.8 Å². The topological polar surface area (TPSA) is 42.7 Å². The average Bonchev–Trinajstić information content (AvgIpc) is 3.01. The highest BCUT2D eigenvalue weighted by molar-refractivity contribution is 5.45. The van der Waals surface area contributed by atoms with Crippen molar-refractivity contribution < 1.29 is 0 Å². The lowest BCUT2D eigenvalue weighted by Gasteiger charge is -2.10. The van der Waals surface area contributed by atoms with E-state index in [0.29, 0.717) is 0 Å². The van der Waals surface area contributed by atoms with Crippen LogP contribution in [0.25, 0.3) is 5.82 Å². The first-order chi connectivity index (χ1) is 10.2. The maximum Gasteiger partial charge on any atom is 0.153 e. The first kappa shape index (κ1) is 13.4. The van der Waals surface area contributed by atoms with Gasteiger partial charge in [-0.3, -0.25) is 0 Å². The summed E-state index contributed by atoms with van der Waals surface area (Å²) >= 11 is 0. The van der Waals surface area contributed by atoms with Crippen molar-refractivity contribution >= 4 is 5.69 Å². The number of benzene rings is 1. The predicted octanol–water partition coefficient (Wildman–Crippen LogP) is 3.50. The SMILES string of the molecule is Cc1ccc(CNc2ccc(-n3cccn3)nc2)c(C)c1. The standard InChI is InChI=1S/C17H18N4/c1-13-4-5-15(14(2)10-13)11-18-16-6-7-17(19-12-16)21-9-3-8-20-21/h3-10,12,18H,11H2,1-2H3. The minimum absolute atomic E-state index is 0.801. The Labute approximate surface area is 124 Å². The number of nitrogens with one attached hydrogen (secondary N) is 1. The number of anilines is 1. The Morgan fingerprint density at radius 3 is 2.71 bits per heavy atom. The maximum absolute atomic E-state index is 4.41. The average molecular weight is 278 g/mol. The highest BCUT2D eigenvalue weighted by Gasteiger charge is 2.01. The summed E-state index contributed by atoms with van der Waals surface area (Å²) in [5.41, 5.74) is 4.91. The maximum atomic E-state index is 4.41. The molecule has 0 saturated heterocycles. The van der Waals surface area contributed by atoms with Gasteiger partial charge in [0.05, 0.1) is 11.9 Å². The summed E-state index contributed by atoms with van der Waals surface area (Å²) in [6, 6.07) is 12.4. The van der Waals surface area contributed by atoms with Gasteiger partial charge in [0.25, 0.3) is 0 Å². The van der Waals surface area contributed by atoms with Gasteiger partial charge in [-0.1, -0.05) is 23.8 Å². The molecule has 0 bridgehead atoms. The summed E-state index contributed by atoms with van der Waals surface area (Å²) in [6.07, 6.45) is 5.46. The number of rotatable bonds is 4. The van der Waals surface area contributed by atoms with Gasteiger partial charge in [-0.2, -0.15) is 5.10 Å². The molecule has 2 heterocycles. The second-order valence-corrected chi connectivity index (χ2v) is 5.14. The first-order valence-electron chi connectivity index (χ1n) is 6.98. The Kier molecular flexibility index (Phi) is 3.69. The van der Waals surface area contributed by atoms with Crippen molar-refractivity contribution in [2.45, 2.75) is 20.4 Å². The summed E-state index contributed by atoms with van der Waals surface area (Å²) in [5, 5.41) is 7.56. The van der Waals surface area contributed by atoms with Gasteiger partial charge in [0.1, 0.15) is 0 Å². The van der Waals surface area contributed by atoms with Gasteiger partial charge in [0.2, 0.25) is 0 Å². The zero-order valence-electron chi connectivity index (χ0n) is 12.2. The van der Waals surface area contributed by atoms with Crippen LogP contribution in [0.15, 0.2) is 55.0 Å². The Morgan fingerprint density at radius 2 is 2.05 bits per heavy atom. The van der Waals surface area contributed by atoms with Crippen molar-refractivity contribution in [1.29, 1.82) is 0 Å². The molecule has 3 rings (SSSR count). The van der Waals surface area contributed by atoms with E-state index in [9.17, 15) is 0 Å². The van der Waals surface area contributed by atoms with E-state index in [2.05, 4.69) is 47.4 Å². The van der Waals surface area contributed by atoms with Crippen LogP contribution in [0.4, 0.5) is 5.69 Å². The number of hydrogen-bond acceptors (Lipinski definition) is 3. The molecule has 0 spiro atoms. The molecule has 0 aliphatic rings. The fourth-order valence-electron chi connectivity index (χ4n) is 2.27. The van der Waals surface area contributed by atoms with Gasteiger partial charge < -0.3 is 5.32 Å². The van der Waals surface area contributed by atoms with E-state index in [-0.39, 0.29) is 0 Å². The molecule has 106 valence electrons. The Balaban J connectivity index is 1.68. The quantitative estimate of drug-likeness (QED) is 0.794. The lowest BCUT2D eigenvalue weighted by molar-refractivity contribution is 0.847. The van der Waals surface area contributed by atoms with E-state index >= 15 is 0 Å². The smallest absolute Gasteiger partial charge is 0.153 e. The normalized spacial score (nSPS) is 10.6. The highest BCUT2D eigenvalue weighted by atomic mass is 15.3. The molecule has 0 aliphatic heterocycles. The van der Waals surface area contributed by atoms with E-state index in [1.165, 1.54) is 16.7 Å². The van der Waals surface area contributed by atoms with Crippen LogP contribution in [0.1, 0.15) is 16.7 Å². The molecule has 0 aliphatic carbocycles. The van der Waals surface area contributed by atoms with Gasteiger partial charge in [0, 0.05) is 18.9 Å². The zero-order valence-corrected chi connectivity index (χ0v) is 12.2. The third-order valence-corrected chi connectivity index (χ3v) is 3.47. The molecule has 4 nitrogen and oxygen atoms in total. The molecular weight excluding hydrogens is 260 g/mol. The summed E-state index contributed by atoms with van der Waals surface area (Å²) in [5.74, 6) is 0.817.